The largest absolute Gasteiger partial charge is 0.352 e. The summed E-state index contributed by atoms with van der Waals surface area (Å²) in [5.41, 5.74) is 3.14. The number of hydrogen-bond acceptors (Lipinski definition) is 4. The topological polar surface area (TPSA) is 54.9 Å². The van der Waals surface area contributed by atoms with E-state index in [9.17, 15) is 4.79 Å². The molecule has 132 valence electrons. The molecule has 0 saturated carbocycles. The lowest BCUT2D eigenvalue weighted by atomic mass is 10.1. The van der Waals surface area contributed by atoms with E-state index in [4.69, 9.17) is 11.6 Å². The van der Waals surface area contributed by atoms with Gasteiger partial charge in [0.2, 0.25) is 0 Å². The van der Waals surface area contributed by atoms with Crippen molar-refractivity contribution in [3.8, 4) is 11.3 Å². The summed E-state index contributed by atoms with van der Waals surface area (Å²) in [6, 6.07) is 17.3. The maximum atomic E-state index is 12.7. The van der Waals surface area contributed by atoms with Gasteiger partial charge < -0.3 is 5.32 Å². The summed E-state index contributed by atoms with van der Waals surface area (Å²) in [6.45, 7) is 0.527. The molecule has 0 saturated heterocycles. The maximum Gasteiger partial charge on any atom is 0.255 e. The fraction of sp³-hybridized carbons (Fsp3) is 0.150. The minimum absolute atomic E-state index is 0.175. The van der Waals surface area contributed by atoms with Gasteiger partial charge in [-0.3, -0.25) is 4.79 Å². The molecular formula is C20H18ClN3OS. The summed E-state index contributed by atoms with van der Waals surface area (Å²) in [5.74, 6) is -0.175. The van der Waals surface area contributed by atoms with E-state index >= 15 is 0 Å². The normalized spacial score (nSPS) is 10.5. The van der Waals surface area contributed by atoms with Gasteiger partial charge in [0.05, 0.1) is 11.3 Å². The van der Waals surface area contributed by atoms with Gasteiger partial charge >= 0.3 is 0 Å². The smallest absolute Gasteiger partial charge is 0.255 e. The van der Waals surface area contributed by atoms with E-state index in [0.717, 1.165) is 17.5 Å². The van der Waals surface area contributed by atoms with Crippen molar-refractivity contribution >= 4 is 29.3 Å². The van der Waals surface area contributed by atoms with Crippen LogP contribution in [-0.2, 0) is 6.42 Å². The summed E-state index contributed by atoms with van der Waals surface area (Å²) < 4.78 is 0. The third-order valence-corrected chi connectivity index (χ3v) is 4.67. The number of aromatic nitrogens is 2. The molecule has 0 aliphatic rings. The molecule has 0 bridgehead atoms. The van der Waals surface area contributed by atoms with Crippen LogP contribution in [0.3, 0.4) is 0 Å². The number of halogens is 1. The molecule has 1 amide bonds. The molecule has 0 aliphatic carbocycles. The molecule has 26 heavy (non-hydrogen) atoms. The Bertz CT molecular complexity index is 885. The molecule has 4 nitrogen and oxygen atoms in total. The second-order valence-electron chi connectivity index (χ2n) is 5.62. The van der Waals surface area contributed by atoms with E-state index in [1.54, 1.807) is 6.20 Å². The number of rotatable bonds is 6. The van der Waals surface area contributed by atoms with Crippen LogP contribution in [0, 0.1) is 0 Å². The Balaban J connectivity index is 1.75. The lowest BCUT2D eigenvalue weighted by Gasteiger charge is -2.10. The Morgan fingerprint density at radius 1 is 1.12 bits per heavy atom. The van der Waals surface area contributed by atoms with Crippen LogP contribution < -0.4 is 5.32 Å². The molecule has 0 atom stereocenters. The van der Waals surface area contributed by atoms with Crippen molar-refractivity contribution in [3.63, 3.8) is 0 Å². The molecule has 3 rings (SSSR count). The highest BCUT2D eigenvalue weighted by Gasteiger charge is 2.15. The Labute approximate surface area is 162 Å². The molecule has 0 radical (unpaired) electrons. The third-order valence-electron chi connectivity index (χ3n) is 3.85. The number of benzene rings is 2. The van der Waals surface area contributed by atoms with Gasteiger partial charge in [0, 0.05) is 23.3 Å². The molecule has 1 aromatic heterocycles. The van der Waals surface area contributed by atoms with E-state index < -0.39 is 0 Å². The summed E-state index contributed by atoms with van der Waals surface area (Å²) >= 11 is 7.34. The average Bonchev–Trinajstić information content (AvgIpc) is 2.69. The van der Waals surface area contributed by atoms with E-state index in [2.05, 4.69) is 15.3 Å². The van der Waals surface area contributed by atoms with Crippen LogP contribution in [0.4, 0.5) is 0 Å². The summed E-state index contributed by atoms with van der Waals surface area (Å²) in [7, 11) is 0. The quantitative estimate of drug-likeness (QED) is 0.503. The predicted octanol–water partition coefficient (Wildman–Crippen LogP) is 4.49. The van der Waals surface area contributed by atoms with Crippen LogP contribution in [0.5, 0.6) is 0 Å². The Kier molecular flexibility index (Phi) is 6.26. The zero-order valence-corrected chi connectivity index (χ0v) is 15.8. The summed E-state index contributed by atoms with van der Waals surface area (Å²) in [5, 5.41) is 4.30. The van der Waals surface area contributed by atoms with Gasteiger partial charge in [0.25, 0.3) is 5.91 Å². The van der Waals surface area contributed by atoms with Gasteiger partial charge in [0.1, 0.15) is 0 Å². The van der Waals surface area contributed by atoms with E-state index in [-0.39, 0.29) is 5.91 Å². The van der Waals surface area contributed by atoms with Crippen LogP contribution in [0.2, 0.25) is 5.02 Å². The monoisotopic (exact) mass is 383 g/mol. The number of hydrogen-bond donors (Lipinski definition) is 1. The van der Waals surface area contributed by atoms with Gasteiger partial charge in [-0.25, -0.2) is 9.97 Å². The van der Waals surface area contributed by atoms with Crippen molar-refractivity contribution in [2.75, 3.05) is 12.8 Å². The van der Waals surface area contributed by atoms with Crippen LogP contribution >= 0.6 is 23.4 Å². The highest BCUT2D eigenvalue weighted by atomic mass is 35.5. The minimum Gasteiger partial charge on any atom is -0.352 e. The van der Waals surface area contributed by atoms with Crippen molar-refractivity contribution in [2.24, 2.45) is 0 Å². The number of amides is 1. The molecule has 3 aromatic rings. The molecule has 6 heteroatoms. The molecule has 2 aromatic carbocycles. The van der Waals surface area contributed by atoms with Crippen LogP contribution in [0.25, 0.3) is 11.3 Å². The maximum absolute atomic E-state index is 12.7. The number of carbonyl (C=O) groups excluding carboxylic acids is 1. The van der Waals surface area contributed by atoms with Crippen molar-refractivity contribution in [3.05, 3.63) is 76.9 Å². The molecular weight excluding hydrogens is 366 g/mol. The van der Waals surface area contributed by atoms with Crippen molar-refractivity contribution in [1.29, 1.82) is 0 Å². The van der Waals surface area contributed by atoms with Gasteiger partial charge in [-0.1, -0.05) is 65.8 Å². The van der Waals surface area contributed by atoms with Crippen molar-refractivity contribution in [1.82, 2.24) is 15.3 Å². The predicted molar refractivity (Wildman–Crippen MR) is 107 cm³/mol. The molecule has 0 fully saturated rings. The zero-order chi connectivity index (χ0) is 18.4. The van der Waals surface area contributed by atoms with Gasteiger partial charge in [-0.15, -0.1) is 0 Å². The molecule has 0 unspecified atom stereocenters. The molecule has 0 aliphatic heterocycles. The van der Waals surface area contributed by atoms with E-state index in [0.29, 0.717) is 28.0 Å². The highest BCUT2D eigenvalue weighted by molar-refractivity contribution is 7.98. The SMILES string of the molecule is CSc1ncc(C(=O)NCCc2ccc(Cl)cc2)c(-c2ccccc2)n1. The first-order valence-electron chi connectivity index (χ1n) is 8.16. The van der Waals surface area contributed by atoms with Crippen LogP contribution in [0.15, 0.2) is 66.0 Å². The second-order valence-corrected chi connectivity index (χ2v) is 6.83. The molecule has 1 N–H and O–H groups in total. The number of nitrogens with one attached hydrogen (secondary N) is 1. The zero-order valence-electron chi connectivity index (χ0n) is 14.3. The first kappa shape index (κ1) is 18.4. The standard InChI is InChI=1S/C20H18ClN3OS/c1-26-20-23-13-17(18(24-20)15-5-3-2-4-6-15)19(25)22-12-11-14-7-9-16(21)10-8-14/h2-10,13H,11-12H2,1H3,(H,22,25). The molecule has 1 heterocycles. The average molecular weight is 384 g/mol. The lowest BCUT2D eigenvalue weighted by molar-refractivity contribution is 0.0954. The van der Waals surface area contributed by atoms with E-state index in [1.165, 1.54) is 11.8 Å². The van der Waals surface area contributed by atoms with Crippen LogP contribution in [-0.4, -0.2) is 28.7 Å². The van der Waals surface area contributed by atoms with Gasteiger partial charge in [-0.05, 0) is 30.4 Å². The Morgan fingerprint density at radius 2 is 1.85 bits per heavy atom. The Hall–Kier alpha value is -2.37. The van der Waals surface area contributed by atoms with E-state index in [1.807, 2.05) is 60.9 Å². The van der Waals surface area contributed by atoms with Crippen molar-refractivity contribution < 1.29 is 4.79 Å². The second kappa shape index (κ2) is 8.83. The number of carbonyl (C=O) groups is 1. The fourth-order valence-electron chi connectivity index (χ4n) is 2.51. The number of thioether (sulfide) groups is 1. The first-order valence-corrected chi connectivity index (χ1v) is 9.77. The summed E-state index contributed by atoms with van der Waals surface area (Å²) in [6.07, 6.45) is 4.24. The minimum atomic E-state index is -0.175. The Morgan fingerprint density at radius 3 is 2.54 bits per heavy atom. The fourth-order valence-corrected chi connectivity index (χ4v) is 2.98. The summed E-state index contributed by atoms with van der Waals surface area (Å²) in [4.78, 5) is 21.5. The van der Waals surface area contributed by atoms with Gasteiger partial charge in [0.15, 0.2) is 5.16 Å². The van der Waals surface area contributed by atoms with Crippen LogP contribution in [0.1, 0.15) is 15.9 Å². The lowest BCUT2D eigenvalue weighted by Crippen LogP contribution is -2.26. The third kappa shape index (κ3) is 4.62. The van der Waals surface area contributed by atoms with Crippen molar-refractivity contribution in [2.45, 2.75) is 11.6 Å². The first-order chi connectivity index (χ1) is 12.7. The number of nitrogens with zero attached hydrogens (tertiary/aromatic N) is 2. The van der Waals surface area contributed by atoms with Gasteiger partial charge in [-0.2, -0.15) is 0 Å². The highest BCUT2D eigenvalue weighted by Crippen LogP contribution is 2.23. The molecule has 0 spiro atoms.